The van der Waals surface area contributed by atoms with Crippen molar-refractivity contribution in [2.24, 2.45) is 5.73 Å². The number of hydrogen-bond acceptors (Lipinski definition) is 13. The van der Waals surface area contributed by atoms with Gasteiger partial charge in [-0.15, -0.1) is 0 Å². The van der Waals surface area contributed by atoms with Gasteiger partial charge in [0.05, 0.1) is 26.4 Å². The van der Waals surface area contributed by atoms with Crippen LogP contribution in [0.3, 0.4) is 0 Å². The van der Waals surface area contributed by atoms with Crippen molar-refractivity contribution < 1.29 is 59.1 Å². The molecule has 2 heterocycles. The van der Waals surface area contributed by atoms with Crippen LogP contribution in [0.1, 0.15) is 44.9 Å². The molecular formula is C22H41NO12. The summed E-state index contributed by atoms with van der Waals surface area (Å²) in [5.74, 6) is -0.215. The molecule has 10 atom stereocenters. The molecule has 2 fully saturated rings. The van der Waals surface area contributed by atoms with Gasteiger partial charge in [0, 0.05) is 13.0 Å². The van der Waals surface area contributed by atoms with Crippen LogP contribution < -0.4 is 5.73 Å². The molecule has 0 aromatic carbocycles. The summed E-state index contributed by atoms with van der Waals surface area (Å²) in [6, 6.07) is -1.22. The lowest BCUT2D eigenvalue weighted by Crippen LogP contribution is -2.66. The largest absolute Gasteiger partial charge is 0.469 e. The van der Waals surface area contributed by atoms with Gasteiger partial charge >= 0.3 is 5.97 Å². The van der Waals surface area contributed by atoms with E-state index in [0.717, 1.165) is 32.1 Å². The maximum absolute atomic E-state index is 11.1. The molecule has 0 radical (unpaired) electrons. The molecule has 2 aliphatic heterocycles. The van der Waals surface area contributed by atoms with Crippen molar-refractivity contribution in [2.45, 2.75) is 106 Å². The fourth-order valence-electron chi connectivity index (χ4n) is 4.10. The van der Waals surface area contributed by atoms with Gasteiger partial charge in [0.15, 0.2) is 12.6 Å². The molecule has 2 saturated heterocycles. The molecule has 0 aromatic heterocycles. The topological polar surface area (TPSA) is 211 Å². The summed E-state index contributed by atoms with van der Waals surface area (Å²) in [4.78, 5) is 11.1. The molecular weight excluding hydrogens is 470 g/mol. The fraction of sp³-hybridized carbons (Fsp3) is 0.955. The summed E-state index contributed by atoms with van der Waals surface area (Å²) in [6.45, 7) is -0.925. The van der Waals surface area contributed by atoms with Gasteiger partial charge in [-0.1, -0.05) is 25.7 Å². The van der Waals surface area contributed by atoms with Gasteiger partial charge in [-0.2, -0.15) is 0 Å². The van der Waals surface area contributed by atoms with E-state index in [4.69, 9.17) is 24.7 Å². The SMILES string of the molecule is COC(=O)CCCCCCCCO[C@H]1O[C@H](CO)[C@@H](O)[C@H](O)[C@H]1O[C@H]1O[C@H](CO)[C@@H](O)[C@H](O)[C@H]1N. The van der Waals surface area contributed by atoms with Gasteiger partial charge in [0.25, 0.3) is 0 Å². The summed E-state index contributed by atoms with van der Waals surface area (Å²) < 4.78 is 27.1. The van der Waals surface area contributed by atoms with Gasteiger partial charge in [0.1, 0.15) is 42.7 Å². The van der Waals surface area contributed by atoms with E-state index >= 15 is 0 Å². The number of aliphatic hydroxyl groups excluding tert-OH is 6. The number of ether oxygens (including phenoxy) is 5. The average Bonchev–Trinajstić information content (AvgIpc) is 2.86. The average molecular weight is 512 g/mol. The second-order valence-electron chi connectivity index (χ2n) is 8.91. The Balaban J connectivity index is 1.86. The van der Waals surface area contributed by atoms with Crippen molar-refractivity contribution in [2.75, 3.05) is 26.9 Å². The summed E-state index contributed by atoms with van der Waals surface area (Å²) in [5, 5.41) is 59.9. The van der Waals surface area contributed by atoms with E-state index < -0.39 is 74.6 Å². The molecule has 0 aromatic rings. The highest BCUT2D eigenvalue weighted by Gasteiger charge is 2.50. The van der Waals surface area contributed by atoms with Gasteiger partial charge in [0.2, 0.25) is 0 Å². The molecule has 0 bridgehead atoms. The number of unbranched alkanes of at least 4 members (excludes halogenated alkanes) is 5. The van der Waals surface area contributed by atoms with E-state index in [9.17, 15) is 35.4 Å². The predicted molar refractivity (Wildman–Crippen MR) is 119 cm³/mol. The first-order chi connectivity index (χ1) is 16.7. The lowest BCUT2D eigenvalue weighted by Gasteiger charge is -2.46. The highest BCUT2D eigenvalue weighted by molar-refractivity contribution is 5.68. The van der Waals surface area contributed by atoms with E-state index in [2.05, 4.69) is 4.74 Å². The van der Waals surface area contributed by atoms with Crippen LogP contribution in [-0.4, -0.2) is 125 Å². The zero-order chi connectivity index (χ0) is 26.0. The zero-order valence-corrected chi connectivity index (χ0v) is 20.1. The highest BCUT2D eigenvalue weighted by atomic mass is 16.7. The van der Waals surface area contributed by atoms with E-state index in [1.54, 1.807) is 0 Å². The van der Waals surface area contributed by atoms with Crippen molar-refractivity contribution in [3.05, 3.63) is 0 Å². The Hall–Kier alpha value is -0.970. The smallest absolute Gasteiger partial charge is 0.305 e. The van der Waals surface area contributed by atoms with Crippen LogP contribution in [0.5, 0.6) is 0 Å². The molecule has 8 N–H and O–H groups in total. The van der Waals surface area contributed by atoms with Gasteiger partial charge in [-0.25, -0.2) is 0 Å². The zero-order valence-electron chi connectivity index (χ0n) is 20.1. The lowest BCUT2D eigenvalue weighted by atomic mass is 9.96. The molecule has 206 valence electrons. The van der Waals surface area contributed by atoms with Crippen LogP contribution >= 0.6 is 0 Å². The molecule has 0 saturated carbocycles. The molecule has 0 aliphatic carbocycles. The minimum Gasteiger partial charge on any atom is -0.469 e. The third kappa shape index (κ3) is 8.54. The quantitative estimate of drug-likeness (QED) is 0.0950. The van der Waals surface area contributed by atoms with Crippen LogP contribution in [0.15, 0.2) is 0 Å². The maximum atomic E-state index is 11.1. The minimum atomic E-state index is -1.53. The molecule has 2 rings (SSSR count). The first kappa shape index (κ1) is 30.3. The van der Waals surface area contributed by atoms with Crippen LogP contribution in [0.25, 0.3) is 0 Å². The standard InChI is InChI=1S/C22H41NO12/c1-31-14(26)8-6-4-2-3-5-7-9-32-22-20(19(30)17(28)13(11-25)34-22)35-21-15(23)18(29)16(27)12(10-24)33-21/h12-13,15-22,24-25,27-30H,2-11,23H2,1H3/t12-,13-,15-,16-,17-,18-,19+,20-,21-,22+/m1/s1. The third-order valence-corrected chi connectivity index (χ3v) is 6.33. The number of carbonyl (C=O) groups is 1. The number of rotatable bonds is 14. The van der Waals surface area contributed by atoms with Crippen LogP contribution in [0, 0.1) is 0 Å². The second kappa shape index (κ2) is 15.3. The van der Waals surface area contributed by atoms with E-state index in [1.807, 2.05) is 0 Å². The monoisotopic (exact) mass is 511 g/mol. The minimum absolute atomic E-state index is 0.215. The Labute approximate surface area is 204 Å². The third-order valence-electron chi connectivity index (χ3n) is 6.33. The maximum Gasteiger partial charge on any atom is 0.305 e. The number of esters is 1. The summed E-state index contributed by atoms with van der Waals surface area (Å²) in [6.07, 6.45) is -6.50. The predicted octanol–water partition coefficient (Wildman–Crippen LogP) is -2.50. The van der Waals surface area contributed by atoms with Gasteiger partial charge < -0.3 is 60.1 Å². The van der Waals surface area contributed by atoms with E-state index in [1.165, 1.54) is 7.11 Å². The van der Waals surface area contributed by atoms with Crippen molar-refractivity contribution in [3.63, 3.8) is 0 Å². The molecule has 13 nitrogen and oxygen atoms in total. The summed E-state index contributed by atoms with van der Waals surface area (Å²) in [5.41, 5.74) is 5.91. The Morgan fingerprint density at radius 2 is 1.34 bits per heavy atom. The van der Waals surface area contributed by atoms with Crippen molar-refractivity contribution in [1.82, 2.24) is 0 Å². The Kier molecular flexibility index (Phi) is 13.2. The Morgan fingerprint density at radius 1 is 0.800 bits per heavy atom. The molecule has 13 heteroatoms. The number of aliphatic hydroxyl groups is 6. The Morgan fingerprint density at radius 3 is 1.94 bits per heavy atom. The molecule has 35 heavy (non-hydrogen) atoms. The number of carbonyl (C=O) groups excluding carboxylic acids is 1. The molecule has 0 amide bonds. The second-order valence-corrected chi connectivity index (χ2v) is 8.91. The molecule has 0 unspecified atom stereocenters. The van der Waals surface area contributed by atoms with Crippen LogP contribution in [0.4, 0.5) is 0 Å². The van der Waals surface area contributed by atoms with Crippen molar-refractivity contribution in [3.8, 4) is 0 Å². The summed E-state index contributed by atoms with van der Waals surface area (Å²) >= 11 is 0. The van der Waals surface area contributed by atoms with Gasteiger partial charge in [-0.05, 0) is 12.8 Å². The van der Waals surface area contributed by atoms with Crippen molar-refractivity contribution >= 4 is 5.97 Å². The first-order valence-corrected chi connectivity index (χ1v) is 12.1. The number of hydrogen-bond donors (Lipinski definition) is 7. The van der Waals surface area contributed by atoms with Crippen LogP contribution in [0.2, 0.25) is 0 Å². The molecule has 0 spiro atoms. The van der Waals surface area contributed by atoms with Gasteiger partial charge in [-0.3, -0.25) is 4.79 Å². The fourth-order valence-corrected chi connectivity index (χ4v) is 4.10. The first-order valence-electron chi connectivity index (χ1n) is 12.1. The number of nitrogens with two attached hydrogens (primary N) is 1. The molecule has 2 aliphatic rings. The highest BCUT2D eigenvalue weighted by Crippen LogP contribution is 2.29. The van der Waals surface area contributed by atoms with Crippen LogP contribution in [-0.2, 0) is 28.5 Å². The number of methoxy groups -OCH3 is 1. The Bertz CT molecular complexity index is 611. The van der Waals surface area contributed by atoms with Crippen molar-refractivity contribution in [1.29, 1.82) is 0 Å². The lowest BCUT2D eigenvalue weighted by molar-refractivity contribution is -0.353. The van der Waals surface area contributed by atoms with E-state index in [-0.39, 0.29) is 12.6 Å². The normalized spacial score (nSPS) is 37.8. The summed E-state index contributed by atoms with van der Waals surface area (Å²) in [7, 11) is 1.37. The van der Waals surface area contributed by atoms with E-state index in [0.29, 0.717) is 12.8 Å².